The van der Waals surface area contributed by atoms with Gasteiger partial charge in [0, 0.05) is 12.8 Å². The van der Waals surface area contributed by atoms with E-state index in [0.717, 1.165) is 12.0 Å². The van der Waals surface area contributed by atoms with Crippen LogP contribution in [0.2, 0.25) is 0 Å². The number of rotatable bonds is 5. The standard InChI is InChI=1S/C17H21NO4/c1-11(2)10-13-4-6-14(7-5-13)12(3)17(21)22-18-15(19)8-9-16(18)20/h4-7,11-12H,8-10H2,1-3H3. The lowest BCUT2D eigenvalue weighted by molar-refractivity contribution is -0.198. The van der Waals surface area contributed by atoms with Gasteiger partial charge in [0.15, 0.2) is 0 Å². The van der Waals surface area contributed by atoms with Crippen LogP contribution in [0.5, 0.6) is 0 Å². The maximum Gasteiger partial charge on any atom is 0.340 e. The third-order valence-electron chi connectivity index (χ3n) is 3.66. The van der Waals surface area contributed by atoms with Crippen LogP contribution in [-0.2, 0) is 25.6 Å². The lowest BCUT2D eigenvalue weighted by Crippen LogP contribution is -2.33. The number of hydroxylamine groups is 2. The Balaban J connectivity index is 2.01. The Morgan fingerprint density at radius 2 is 1.64 bits per heavy atom. The molecule has 118 valence electrons. The fraction of sp³-hybridized carbons (Fsp3) is 0.471. The second-order valence-electron chi connectivity index (χ2n) is 6.05. The lowest BCUT2D eigenvalue weighted by atomic mass is 9.97. The molecule has 0 aliphatic carbocycles. The summed E-state index contributed by atoms with van der Waals surface area (Å²) in [5.74, 6) is -1.48. The van der Waals surface area contributed by atoms with E-state index in [4.69, 9.17) is 4.84 Å². The van der Waals surface area contributed by atoms with Crippen LogP contribution in [0.4, 0.5) is 0 Å². The topological polar surface area (TPSA) is 63.7 Å². The zero-order chi connectivity index (χ0) is 16.3. The summed E-state index contributed by atoms with van der Waals surface area (Å²) >= 11 is 0. The second kappa shape index (κ2) is 6.73. The molecule has 1 atom stereocenters. The van der Waals surface area contributed by atoms with E-state index >= 15 is 0 Å². The molecule has 0 spiro atoms. The number of benzene rings is 1. The summed E-state index contributed by atoms with van der Waals surface area (Å²) in [4.78, 5) is 39.9. The zero-order valence-corrected chi connectivity index (χ0v) is 13.2. The maximum absolute atomic E-state index is 12.1. The summed E-state index contributed by atoms with van der Waals surface area (Å²) in [6, 6.07) is 7.76. The van der Waals surface area contributed by atoms with E-state index in [0.29, 0.717) is 11.0 Å². The van der Waals surface area contributed by atoms with Gasteiger partial charge in [-0.15, -0.1) is 5.06 Å². The van der Waals surface area contributed by atoms with Crippen LogP contribution in [0.3, 0.4) is 0 Å². The van der Waals surface area contributed by atoms with E-state index in [1.807, 2.05) is 24.3 Å². The van der Waals surface area contributed by atoms with Gasteiger partial charge in [0.2, 0.25) is 0 Å². The molecule has 0 radical (unpaired) electrons. The summed E-state index contributed by atoms with van der Waals surface area (Å²) < 4.78 is 0. The van der Waals surface area contributed by atoms with Crippen molar-refractivity contribution < 1.29 is 19.2 Å². The van der Waals surface area contributed by atoms with E-state index < -0.39 is 23.7 Å². The number of hydrogen-bond acceptors (Lipinski definition) is 4. The quantitative estimate of drug-likeness (QED) is 0.784. The minimum absolute atomic E-state index is 0.102. The number of imide groups is 1. The first-order chi connectivity index (χ1) is 10.4. The molecule has 22 heavy (non-hydrogen) atoms. The van der Waals surface area contributed by atoms with Crippen molar-refractivity contribution in [3.05, 3.63) is 35.4 Å². The molecule has 5 nitrogen and oxygen atoms in total. The van der Waals surface area contributed by atoms with Crippen LogP contribution in [0.15, 0.2) is 24.3 Å². The third-order valence-corrected chi connectivity index (χ3v) is 3.66. The fourth-order valence-electron chi connectivity index (χ4n) is 2.38. The number of carbonyl (C=O) groups excluding carboxylic acids is 3. The Kier molecular flexibility index (Phi) is 4.96. The Hall–Kier alpha value is -2.17. The van der Waals surface area contributed by atoms with Gasteiger partial charge in [-0.3, -0.25) is 9.59 Å². The highest BCUT2D eigenvalue weighted by atomic mass is 16.7. The summed E-state index contributed by atoms with van der Waals surface area (Å²) in [6.07, 6.45) is 1.19. The van der Waals surface area contributed by atoms with Crippen molar-refractivity contribution in [2.24, 2.45) is 5.92 Å². The monoisotopic (exact) mass is 303 g/mol. The number of nitrogens with zero attached hydrogens (tertiary/aromatic N) is 1. The first-order valence-electron chi connectivity index (χ1n) is 7.55. The average Bonchev–Trinajstić information content (AvgIpc) is 2.78. The summed E-state index contributed by atoms with van der Waals surface area (Å²) in [6.45, 7) is 6.00. The molecule has 1 saturated heterocycles. The second-order valence-corrected chi connectivity index (χ2v) is 6.05. The molecule has 1 aromatic rings. The lowest BCUT2D eigenvalue weighted by Gasteiger charge is -2.16. The Labute approximate surface area is 130 Å². The van der Waals surface area contributed by atoms with Crippen molar-refractivity contribution >= 4 is 17.8 Å². The van der Waals surface area contributed by atoms with Crippen LogP contribution < -0.4 is 0 Å². The van der Waals surface area contributed by atoms with Gasteiger partial charge >= 0.3 is 5.97 Å². The molecule has 1 aromatic carbocycles. The fourth-order valence-corrected chi connectivity index (χ4v) is 2.38. The number of hydrogen-bond donors (Lipinski definition) is 0. The van der Waals surface area contributed by atoms with Gasteiger partial charge < -0.3 is 4.84 Å². The average molecular weight is 303 g/mol. The first kappa shape index (κ1) is 16.2. The molecule has 1 heterocycles. The number of amides is 2. The van der Waals surface area contributed by atoms with Crippen molar-refractivity contribution in [2.75, 3.05) is 0 Å². The largest absolute Gasteiger partial charge is 0.340 e. The van der Waals surface area contributed by atoms with E-state index in [-0.39, 0.29) is 12.8 Å². The Morgan fingerprint density at radius 1 is 1.09 bits per heavy atom. The minimum Gasteiger partial charge on any atom is -0.330 e. The van der Waals surface area contributed by atoms with Gasteiger partial charge in [-0.25, -0.2) is 4.79 Å². The van der Waals surface area contributed by atoms with E-state index in [2.05, 4.69) is 13.8 Å². The van der Waals surface area contributed by atoms with Gasteiger partial charge in [-0.2, -0.15) is 0 Å². The van der Waals surface area contributed by atoms with Crippen molar-refractivity contribution in [1.29, 1.82) is 0 Å². The third kappa shape index (κ3) is 3.72. The van der Waals surface area contributed by atoms with Crippen LogP contribution in [0.25, 0.3) is 0 Å². The SMILES string of the molecule is CC(C)Cc1ccc(C(C)C(=O)ON2C(=O)CCC2=O)cc1. The highest BCUT2D eigenvalue weighted by molar-refractivity contribution is 6.01. The van der Waals surface area contributed by atoms with Crippen molar-refractivity contribution in [2.45, 2.75) is 46.0 Å². The predicted octanol–water partition coefficient (Wildman–Crippen LogP) is 2.60. The zero-order valence-electron chi connectivity index (χ0n) is 13.2. The van der Waals surface area contributed by atoms with Crippen LogP contribution in [-0.4, -0.2) is 22.8 Å². The van der Waals surface area contributed by atoms with E-state index in [1.54, 1.807) is 6.92 Å². The molecule has 1 unspecified atom stereocenters. The molecule has 1 aliphatic heterocycles. The van der Waals surface area contributed by atoms with Gasteiger partial charge in [0.25, 0.3) is 11.8 Å². The van der Waals surface area contributed by atoms with E-state index in [1.165, 1.54) is 5.56 Å². The van der Waals surface area contributed by atoms with E-state index in [9.17, 15) is 14.4 Å². The van der Waals surface area contributed by atoms with Gasteiger partial charge in [0.05, 0.1) is 5.92 Å². The highest BCUT2D eigenvalue weighted by Crippen LogP contribution is 2.21. The van der Waals surface area contributed by atoms with Gasteiger partial charge in [-0.1, -0.05) is 38.1 Å². The molecule has 5 heteroatoms. The van der Waals surface area contributed by atoms with Crippen molar-refractivity contribution in [3.8, 4) is 0 Å². The van der Waals surface area contributed by atoms with Gasteiger partial charge in [0.1, 0.15) is 0 Å². The molecule has 2 amide bonds. The molecule has 0 saturated carbocycles. The van der Waals surface area contributed by atoms with Gasteiger partial charge in [-0.05, 0) is 30.4 Å². The van der Waals surface area contributed by atoms with Crippen LogP contribution in [0.1, 0.15) is 50.7 Å². The molecule has 0 aromatic heterocycles. The van der Waals surface area contributed by atoms with Crippen molar-refractivity contribution in [3.63, 3.8) is 0 Å². The first-order valence-corrected chi connectivity index (χ1v) is 7.55. The molecule has 0 bridgehead atoms. The Morgan fingerprint density at radius 3 is 2.14 bits per heavy atom. The summed E-state index contributed by atoms with van der Waals surface area (Å²) in [7, 11) is 0. The van der Waals surface area contributed by atoms with Crippen LogP contribution >= 0.6 is 0 Å². The molecule has 1 aliphatic rings. The maximum atomic E-state index is 12.1. The molecular formula is C17H21NO4. The molecule has 1 fully saturated rings. The normalized spacial score (nSPS) is 16.3. The smallest absolute Gasteiger partial charge is 0.330 e. The molecule has 2 rings (SSSR count). The number of carbonyl (C=O) groups is 3. The Bertz CT molecular complexity index is 561. The predicted molar refractivity (Wildman–Crippen MR) is 80.6 cm³/mol. The van der Waals surface area contributed by atoms with Crippen LogP contribution in [0, 0.1) is 5.92 Å². The highest BCUT2D eigenvalue weighted by Gasteiger charge is 2.34. The van der Waals surface area contributed by atoms with Crippen molar-refractivity contribution in [1.82, 2.24) is 5.06 Å². The summed E-state index contributed by atoms with van der Waals surface area (Å²) in [5.41, 5.74) is 2.01. The minimum atomic E-state index is -0.597. The molecular weight excluding hydrogens is 282 g/mol. The summed E-state index contributed by atoms with van der Waals surface area (Å²) in [5, 5.41) is 0.589. The molecule has 0 N–H and O–H groups in total.